The van der Waals surface area contributed by atoms with E-state index in [1.807, 2.05) is 43.3 Å². The molecule has 0 fully saturated rings. The molecule has 0 unspecified atom stereocenters. The lowest BCUT2D eigenvalue weighted by Gasteiger charge is -2.07. The zero-order valence-electron chi connectivity index (χ0n) is 12.9. The minimum Gasteiger partial charge on any atom is -0.241 e. The third kappa shape index (κ3) is 2.33. The Labute approximate surface area is 131 Å². The number of nitrogens with zero attached hydrogens (tertiary/aromatic N) is 1. The van der Waals surface area contributed by atoms with Crippen molar-refractivity contribution in [2.45, 2.75) is 31.6 Å². The van der Waals surface area contributed by atoms with E-state index in [4.69, 9.17) is 0 Å². The summed E-state index contributed by atoms with van der Waals surface area (Å²) >= 11 is 0. The maximum Gasteiger partial charge on any atom is 0.268 e. The number of fused-ring (bicyclic) bond motifs is 1. The summed E-state index contributed by atoms with van der Waals surface area (Å²) in [5.74, 6) is 0.263. The zero-order valence-corrected chi connectivity index (χ0v) is 13.8. The fourth-order valence-corrected chi connectivity index (χ4v) is 4.04. The Balaban J connectivity index is 2.27. The maximum absolute atomic E-state index is 13.0. The first-order valence-electron chi connectivity index (χ1n) is 7.33. The fraction of sp³-hybridized carbons (Fsp3) is 0.222. The molecule has 22 heavy (non-hydrogen) atoms. The van der Waals surface area contributed by atoms with Crippen molar-refractivity contribution in [2.75, 3.05) is 0 Å². The highest BCUT2D eigenvalue weighted by atomic mass is 32.2. The Hall–Kier alpha value is -2.07. The maximum atomic E-state index is 13.0. The molecule has 0 atom stereocenters. The lowest BCUT2D eigenvalue weighted by atomic mass is 10.0. The number of hydrogen-bond acceptors (Lipinski definition) is 2. The molecule has 3 rings (SSSR count). The van der Waals surface area contributed by atoms with Crippen molar-refractivity contribution in [3.8, 4) is 0 Å². The zero-order chi connectivity index (χ0) is 15.9. The van der Waals surface area contributed by atoms with Crippen LogP contribution in [0.25, 0.3) is 10.9 Å². The SMILES string of the molecule is Cc1ccc(S(=O)(=O)n2cc(C(C)C)c3ccccc32)cc1. The van der Waals surface area contributed by atoms with Crippen LogP contribution in [0, 0.1) is 6.92 Å². The molecule has 0 amide bonds. The van der Waals surface area contributed by atoms with Gasteiger partial charge in [-0.2, -0.15) is 0 Å². The van der Waals surface area contributed by atoms with Gasteiger partial charge in [-0.1, -0.05) is 49.7 Å². The van der Waals surface area contributed by atoms with Crippen LogP contribution in [-0.4, -0.2) is 12.4 Å². The van der Waals surface area contributed by atoms with Crippen molar-refractivity contribution < 1.29 is 8.42 Å². The van der Waals surface area contributed by atoms with Gasteiger partial charge in [0, 0.05) is 11.6 Å². The third-order valence-corrected chi connectivity index (χ3v) is 5.60. The largest absolute Gasteiger partial charge is 0.268 e. The Kier molecular flexibility index (Phi) is 3.57. The lowest BCUT2D eigenvalue weighted by molar-refractivity contribution is 0.589. The molecule has 1 aromatic heterocycles. The first-order valence-corrected chi connectivity index (χ1v) is 8.77. The number of benzene rings is 2. The van der Waals surface area contributed by atoms with Crippen molar-refractivity contribution in [3.05, 3.63) is 65.9 Å². The highest BCUT2D eigenvalue weighted by Gasteiger charge is 2.21. The van der Waals surface area contributed by atoms with Crippen LogP contribution in [0.1, 0.15) is 30.9 Å². The summed E-state index contributed by atoms with van der Waals surface area (Å²) in [7, 11) is -3.58. The van der Waals surface area contributed by atoms with Crippen LogP contribution in [0.5, 0.6) is 0 Å². The van der Waals surface area contributed by atoms with Crippen molar-refractivity contribution in [2.24, 2.45) is 0 Å². The molecule has 4 heteroatoms. The highest BCUT2D eigenvalue weighted by Crippen LogP contribution is 2.30. The van der Waals surface area contributed by atoms with E-state index in [9.17, 15) is 8.42 Å². The van der Waals surface area contributed by atoms with Crippen LogP contribution < -0.4 is 0 Å². The smallest absolute Gasteiger partial charge is 0.241 e. The van der Waals surface area contributed by atoms with E-state index < -0.39 is 10.0 Å². The van der Waals surface area contributed by atoms with Crippen LogP contribution >= 0.6 is 0 Å². The normalized spacial score (nSPS) is 12.2. The fourth-order valence-electron chi connectivity index (χ4n) is 2.66. The standard InChI is InChI=1S/C18H19NO2S/c1-13(2)17-12-19(18-7-5-4-6-16(17)18)22(20,21)15-10-8-14(3)9-11-15/h4-13H,1-3H3. The van der Waals surface area contributed by atoms with Crippen LogP contribution in [0.2, 0.25) is 0 Å². The number of aryl methyl sites for hydroxylation is 1. The number of rotatable bonds is 3. The number of hydrogen-bond donors (Lipinski definition) is 0. The van der Waals surface area contributed by atoms with Crippen LogP contribution in [0.3, 0.4) is 0 Å². The predicted octanol–water partition coefficient (Wildman–Crippen LogP) is 4.31. The van der Waals surface area contributed by atoms with Gasteiger partial charge in [0.15, 0.2) is 0 Å². The van der Waals surface area contributed by atoms with Gasteiger partial charge < -0.3 is 0 Å². The average Bonchev–Trinajstić information content (AvgIpc) is 2.88. The molecule has 0 aliphatic carbocycles. The first kappa shape index (κ1) is 14.9. The summed E-state index contributed by atoms with van der Waals surface area (Å²) in [6.07, 6.45) is 1.75. The Morgan fingerprint density at radius 1 is 0.955 bits per heavy atom. The topological polar surface area (TPSA) is 39.1 Å². The van der Waals surface area contributed by atoms with Gasteiger partial charge in [0.1, 0.15) is 0 Å². The van der Waals surface area contributed by atoms with E-state index in [-0.39, 0.29) is 5.92 Å². The van der Waals surface area contributed by atoms with E-state index in [2.05, 4.69) is 13.8 Å². The number of para-hydroxylation sites is 1. The molecule has 3 aromatic rings. The monoisotopic (exact) mass is 313 g/mol. The second-order valence-electron chi connectivity index (χ2n) is 5.87. The van der Waals surface area contributed by atoms with Gasteiger partial charge in [-0.15, -0.1) is 0 Å². The van der Waals surface area contributed by atoms with Crippen molar-refractivity contribution in [3.63, 3.8) is 0 Å². The third-order valence-electron chi connectivity index (χ3n) is 3.91. The van der Waals surface area contributed by atoms with Crippen LogP contribution in [0.4, 0.5) is 0 Å². The van der Waals surface area contributed by atoms with E-state index in [1.165, 1.54) is 3.97 Å². The summed E-state index contributed by atoms with van der Waals surface area (Å²) in [6.45, 7) is 6.09. The summed E-state index contributed by atoms with van der Waals surface area (Å²) in [6, 6.07) is 14.6. The van der Waals surface area contributed by atoms with E-state index in [1.54, 1.807) is 18.3 Å². The quantitative estimate of drug-likeness (QED) is 0.723. The van der Waals surface area contributed by atoms with Crippen molar-refractivity contribution in [1.29, 1.82) is 0 Å². The molecular weight excluding hydrogens is 294 g/mol. The molecule has 2 aromatic carbocycles. The summed E-state index contributed by atoms with van der Waals surface area (Å²) in [5.41, 5.74) is 2.82. The highest BCUT2D eigenvalue weighted by molar-refractivity contribution is 7.90. The average molecular weight is 313 g/mol. The summed E-state index contributed by atoms with van der Waals surface area (Å²) in [4.78, 5) is 0.314. The minimum atomic E-state index is -3.58. The van der Waals surface area contributed by atoms with Gasteiger partial charge in [-0.3, -0.25) is 0 Å². The van der Waals surface area contributed by atoms with Gasteiger partial charge >= 0.3 is 0 Å². The molecule has 0 aliphatic heterocycles. The van der Waals surface area contributed by atoms with Gasteiger partial charge in [-0.05, 0) is 36.6 Å². The molecule has 0 saturated heterocycles. The van der Waals surface area contributed by atoms with Crippen LogP contribution in [-0.2, 0) is 10.0 Å². The van der Waals surface area contributed by atoms with E-state index >= 15 is 0 Å². The molecule has 0 aliphatic rings. The molecule has 0 bridgehead atoms. The molecule has 3 nitrogen and oxygen atoms in total. The van der Waals surface area contributed by atoms with Gasteiger partial charge in [0.25, 0.3) is 10.0 Å². The first-order chi connectivity index (χ1) is 10.4. The molecule has 114 valence electrons. The Morgan fingerprint density at radius 2 is 1.59 bits per heavy atom. The molecule has 1 heterocycles. The molecular formula is C18H19NO2S. The summed E-state index contributed by atoms with van der Waals surface area (Å²) < 4.78 is 27.3. The Bertz CT molecular complexity index is 919. The van der Waals surface area contributed by atoms with E-state index in [0.717, 1.165) is 22.0 Å². The summed E-state index contributed by atoms with van der Waals surface area (Å²) in [5, 5.41) is 0.994. The van der Waals surface area contributed by atoms with Crippen LogP contribution in [0.15, 0.2) is 59.6 Å². The second kappa shape index (κ2) is 5.29. The predicted molar refractivity (Wildman–Crippen MR) is 89.8 cm³/mol. The van der Waals surface area contributed by atoms with E-state index in [0.29, 0.717) is 4.90 Å². The van der Waals surface area contributed by atoms with Crippen molar-refractivity contribution >= 4 is 20.9 Å². The molecule has 0 saturated carbocycles. The van der Waals surface area contributed by atoms with Crippen molar-refractivity contribution in [1.82, 2.24) is 3.97 Å². The number of aromatic nitrogens is 1. The minimum absolute atomic E-state index is 0.263. The second-order valence-corrected chi connectivity index (χ2v) is 7.69. The lowest BCUT2D eigenvalue weighted by Crippen LogP contribution is -2.11. The molecule has 0 spiro atoms. The molecule has 0 N–H and O–H groups in total. The van der Waals surface area contributed by atoms with Gasteiger partial charge in [0.2, 0.25) is 0 Å². The van der Waals surface area contributed by atoms with Gasteiger partial charge in [0.05, 0.1) is 10.4 Å². The van der Waals surface area contributed by atoms with Gasteiger partial charge in [-0.25, -0.2) is 12.4 Å². The Morgan fingerprint density at radius 3 is 2.23 bits per heavy atom. The molecule has 0 radical (unpaired) electrons.